The summed E-state index contributed by atoms with van der Waals surface area (Å²) in [6.07, 6.45) is 1.66. The third-order valence-electron chi connectivity index (χ3n) is 3.71. The van der Waals surface area contributed by atoms with Crippen LogP contribution in [0.5, 0.6) is 0 Å². The molecular weight excluding hydrogens is 246 g/mol. The molecule has 1 aromatic carbocycles. The Morgan fingerprint density at radius 2 is 2.33 bits per heavy atom. The van der Waals surface area contributed by atoms with Gasteiger partial charge in [-0.1, -0.05) is 17.7 Å². The fourth-order valence-electron chi connectivity index (χ4n) is 2.44. The van der Waals surface area contributed by atoms with Crippen molar-refractivity contribution in [2.24, 2.45) is 0 Å². The first-order valence-corrected chi connectivity index (χ1v) is 6.58. The second kappa shape index (κ2) is 5.17. The molecule has 1 saturated heterocycles. The Labute approximate surface area is 113 Å². The van der Waals surface area contributed by atoms with Crippen LogP contribution in [0.2, 0.25) is 5.02 Å². The molecule has 1 aliphatic heterocycles. The number of hydrogen-bond acceptors (Lipinski definition) is 3. The van der Waals surface area contributed by atoms with Crippen LogP contribution in [-0.2, 0) is 0 Å². The van der Waals surface area contributed by atoms with Gasteiger partial charge < -0.3 is 10.2 Å². The number of halogens is 1. The average molecular weight is 264 g/mol. The van der Waals surface area contributed by atoms with Gasteiger partial charge in [0.25, 0.3) is 0 Å². The second-order valence-corrected chi connectivity index (χ2v) is 5.55. The van der Waals surface area contributed by atoms with Crippen LogP contribution >= 0.6 is 11.6 Å². The van der Waals surface area contributed by atoms with Gasteiger partial charge in [0.2, 0.25) is 0 Å². The minimum absolute atomic E-state index is 0.407. The van der Waals surface area contributed by atoms with Gasteiger partial charge in [-0.25, -0.2) is 0 Å². The quantitative estimate of drug-likeness (QED) is 0.891. The number of nitriles is 1. The topological polar surface area (TPSA) is 39.1 Å². The Kier molecular flexibility index (Phi) is 3.79. The molecule has 1 N–H and O–H groups in total. The lowest BCUT2D eigenvalue weighted by molar-refractivity contribution is 0.167. The standard InChI is InChI=1S/C14H18ClN3/c1-11-9-14(10-16,6-7-18(11)2)17-13-5-3-4-12(15)8-13/h3-5,8,11,17H,6-7,9H2,1-2H3. The molecule has 96 valence electrons. The lowest BCUT2D eigenvalue weighted by atomic mass is 9.85. The van der Waals surface area contributed by atoms with Crippen LogP contribution in [0.1, 0.15) is 19.8 Å². The second-order valence-electron chi connectivity index (χ2n) is 5.11. The zero-order chi connectivity index (χ0) is 13.2. The maximum Gasteiger partial charge on any atom is 0.128 e. The lowest BCUT2D eigenvalue weighted by Crippen LogP contribution is -2.51. The van der Waals surface area contributed by atoms with E-state index in [4.69, 9.17) is 11.6 Å². The Balaban J connectivity index is 2.17. The zero-order valence-electron chi connectivity index (χ0n) is 10.8. The number of nitrogens with zero attached hydrogens (tertiary/aromatic N) is 2. The number of rotatable bonds is 2. The fraction of sp³-hybridized carbons (Fsp3) is 0.500. The molecule has 0 saturated carbocycles. The van der Waals surface area contributed by atoms with Crippen molar-refractivity contribution in [3.8, 4) is 6.07 Å². The number of nitrogens with one attached hydrogen (secondary N) is 1. The highest BCUT2D eigenvalue weighted by atomic mass is 35.5. The van der Waals surface area contributed by atoms with Crippen molar-refractivity contribution < 1.29 is 0 Å². The molecule has 3 nitrogen and oxygen atoms in total. The van der Waals surface area contributed by atoms with Crippen LogP contribution in [0.15, 0.2) is 24.3 Å². The number of benzene rings is 1. The average Bonchev–Trinajstić information content (AvgIpc) is 2.34. The summed E-state index contributed by atoms with van der Waals surface area (Å²) in [5.74, 6) is 0. The molecular formula is C14H18ClN3. The van der Waals surface area contributed by atoms with Gasteiger partial charge in [-0.15, -0.1) is 0 Å². The minimum atomic E-state index is -0.476. The molecule has 2 unspecified atom stereocenters. The van der Waals surface area contributed by atoms with E-state index >= 15 is 0 Å². The molecule has 1 aromatic rings. The molecule has 0 amide bonds. The van der Waals surface area contributed by atoms with E-state index in [0.29, 0.717) is 11.1 Å². The highest BCUT2D eigenvalue weighted by molar-refractivity contribution is 6.30. The minimum Gasteiger partial charge on any atom is -0.367 e. The molecule has 0 spiro atoms. The predicted octanol–water partition coefficient (Wildman–Crippen LogP) is 3.13. The largest absolute Gasteiger partial charge is 0.367 e. The van der Waals surface area contributed by atoms with Crippen LogP contribution in [-0.4, -0.2) is 30.1 Å². The van der Waals surface area contributed by atoms with Crippen LogP contribution < -0.4 is 5.32 Å². The van der Waals surface area contributed by atoms with Crippen LogP contribution in [0.25, 0.3) is 0 Å². The number of anilines is 1. The van der Waals surface area contributed by atoms with Crippen molar-refractivity contribution in [1.82, 2.24) is 4.90 Å². The molecule has 0 aromatic heterocycles. The van der Waals surface area contributed by atoms with E-state index in [1.54, 1.807) is 0 Å². The van der Waals surface area contributed by atoms with Crippen LogP contribution in [0, 0.1) is 11.3 Å². The van der Waals surface area contributed by atoms with Gasteiger partial charge in [-0.2, -0.15) is 5.26 Å². The summed E-state index contributed by atoms with van der Waals surface area (Å²) in [4.78, 5) is 2.29. The van der Waals surface area contributed by atoms with Crippen molar-refractivity contribution in [1.29, 1.82) is 5.26 Å². The summed E-state index contributed by atoms with van der Waals surface area (Å²) in [6.45, 7) is 3.09. The molecule has 2 rings (SSSR count). The predicted molar refractivity (Wildman–Crippen MR) is 74.7 cm³/mol. The van der Waals surface area contributed by atoms with Gasteiger partial charge in [0.1, 0.15) is 5.54 Å². The Bertz CT molecular complexity index is 468. The fourth-order valence-corrected chi connectivity index (χ4v) is 2.63. The van der Waals surface area contributed by atoms with Crippen molar-refractivity contribution in [3.63, 3.8) is 0 Å². The Morgan fingerprint density at radius 1 is 1.56 bits per heavy atom. The lowest BCUT2D eigenvalue weighted by Gasteiger charge is -2.41. The molecule has 1 fully saturated rings. The van der Waals surface area contributed by atoms with Gasteiger partial charge in [-0.3, -0.25) is 0 Å². The third kappa shape index (κ3) is 2.77. The molecule has 0 aliphatic carbocycles. The first-order valence-electron chi connectivity index (χ1n) is 6.20. The Morgan fingerprint density at radius 3 is 2.94 bits per heavy atom. The smallest absolute Gasteiger partial charge is 0.128 e. The maximum absolute atomic E-state index is 9.51. The molecule has 2 atom stereocenters. The van der Waals surface area contributed by atoms with Gasteiger partial charge >= 0.3 is 0 Å². The zero-order valence-corrected chi connectivity index (χ0v) is 11.5. The number of hydrogen-bond donors (Lipinski definition) is 1. The molecule has 0 bridgehead atoms. The monoisotopic (exact) mass is 263 g/mol. The first kappa shape index (κ1) is 13.2. The van der Waals surface area contributed by atoms with E-state index in [0.717, 1.165) is 25.1 Å². The van der Waals surface area contributed by atoms with E-state index in [1.165, 1.54) is 0 Å². The first-order chi connectivity index (χ1) is 8.54. The summed E-state index contributed by atoms with van der Waals surface area (Å²) in [5.41, 5.74) is 0.442. The number of piperidine rings is 1. The summed E-state index contributed by atoms with van der Waals surface area (Å²) >= 11 is 5.97. The van der Waals surface area contributed by atoms with E-state index < -0.39 is 5.54 Å². The normalized spacial score (nSPS) is 28.7. The summed E-state index contributed by atoms with van der Waals surface area (Å²) in [7, 11) is 2.10. The van der Waals surface area contributed by atoms with Crippen molar-refractivity contribution >= 4 is 17.3 Å². The van der Waals surface area contributed by atoms with E-state index in [9.17, 15) is 5.26 Å². The number of likely N-dealkylation sites (tertiary alicyclic amines) is 1. The maximum atomic E-state index is 9.51. The summed E-state index contributed by atoms with van der Waals surface area (Å²) in [6, 6.07) is 10.4. The molecule has 1 aliphatic rings. The van der Waals surface area contributed by atoms with Gasteiger partial charge in [-0.05, 0) is 45.0 Å². The van der Waals surface area contributed by atoms with Crippen LogP contribution in [0.4, 0.5) is 5.69 Å². The van der Waals surface area contributed by atoms with E-state index in [1.807, 2.05) is 24.3 Å². The summed E-state index contributed by atoms with van der Waals surface area (Å²) < 4.78 is 0. The summed E-state index contributed by atoms with van der Waals surface area (Å²) in [5, 5.41) is 13.6. The van der Waals surface area contributed by atoms with Crippen LogP contribution in [0.3, 0.4) is 0 Å². The van der Waals surface area contributed by atoms with Gasteiger partial charge in [0.05, 0.1) is 6.07 Å². The SMILES string of the molecule is CC1CC(C#N)(Nc2cccc(Cl)c2)CCN1C. The molecule has 1 heterocycles. The van der Waals surface area contributed by atoms with E-state index in [2.05, 4.69) is 30.3 Å². The highest BCUT2D eigenvalue weighted by Gasteiger charge is 2.37. The van der Waals surface area contributed by atoms with Crippen molar-refractivity contribution in [3.05, 3.63) is 29.3 Å². The molecule has 0 radical (unpaired) electrons. The van der Waals surface area contributed by atoms with Crippen molar-refractivity contribution in [2.45, 2.75) is 31.3 Å². The molecule has 4 heteroatoms. The molecule has 18 heavy (non-hydrogen) atoms. The van der Waals surface area contributed by atoms with Crippen molar-refractivity contribution in [2.75, 3.05) is 18.9 Å². The highest BCUT2D eigenvalue weighted by Crippen LogP contribution is 2.30. The Hall–Kier alpha value is -1.24. The van der Waals surface area contributed by atoms with Gasteiger partial charge in [0.15, 0.2) is 0 Å². The van der Waals surface area contributed by atoms with Gasteiger partial charge in [0, 0.05) is 23.3 Å². The van der Waals surface area contributed by atoms with E-state index in [-0.39, 0.29) is 0 Å². The third-order valence-corrected chi connectivity index (χ3v) is 3.94.